The summed E-state index contributed by atoms with van der Waals surface area (Å²) in [6.07, 6.45) is 4.36. The molecule has 0 atom stereocenters. The van der Waals surface area contributed by atoms with Gasteiger partial charge in [0.05, 0.1) is 5.69 Å². The van der Waals surface area contributed by atoms with Gasteiger partial charge in [-0.05, 0) is 37.0 Å². The molecule has 0 bridgehead atoms. The number of rotatable bonds is 5. The molecule has 0 aromatic heterocycles. The maximum atomic E-state index is 11.2. The summed E-state index contributed by atoms with van der Waals surface area (Å²) in [7, 11) is 0. The number of unbranched alkanes of at least 4 members (excludes halogenated alkanes) is 2. The second kappa shape index (κ2) is 5.48. The van der Waals surface area contributed by atoms with Crippen LogP contribution in [0, 0.1) is 0 Å². The third-order valence-electron chi connectivity index (χ3n) is 2.71. The van der Waals surface area contributed by atoms with E-state index in [9.17, 15) is 9.59 Å². The van der Waals surface area contributed by atoms with E-state index in [4.69, 9.17) is 4.74 Å². The van der Waals surface area contributed by atoms with Crippen LogP contribution in [0.5, 0.6) is 5.75 Å². The average Bonchev–Trinajstić information content (AvgIpc) is 2.34. The minimum atomic E-state index is -0.115. The highest BCUT2D eigenvalue weighted by Gasteiger charge is 2.15. The van der Waals surface area contributed by atoms with E-state index in [1.54, 1.807) is 0 Å². The van der Waals surface area contributed by atoms with Gasteiger partial charge in [-0.25, -0.2) is 0 Å². The van der Waals surface area contributed by atoms with Gasteiger partial charge in [0.1, 0.15) is 12.0 Å². The summed E-state index contributed by atoms with van der Waals surface area (Å²) >= 11 is 0. The first kappa shape index (κ1) is 11.6. The zero-order chi connectivity index (χ0) is 12.1. The Labute approximate surface area is 100.0 Å². The molecule has 17 heavy (non-hydrogen) atoms. The summed E-state index contributed by atoms with van der Waals surface area (Å²) in [6.45, 7) is 0.0890. The number of hydrogen-bond acceptors (Lipinski definition) is 3. The summed E-state index contributed by atoms with van der Waals surface area (Å²) in [4.78, 5) is 21.3. The first-order valence-corrected chi connectivity index (χ1v) is 5.79. The van der Waals surface area contributed by atoms with Gasteiger partial charge in [-0.3, -0.25) is 4.79 Å². The van der Waals surface area contributed by atoms with Crippen molar-refractivity contribution < 1.29 is 14.3 Å². The summed E-state index contributed by atoms with van der Waals surface area (Å²) in [5, 5.41) is 2.78. The van der Waals surface area contributed by atoms with E-state index in [1.165, 1.54) is 0 Å². The van der Waals surface area contributed by atoms with Crippen LogP contribution in [-0.4, -0.2) is 18.8 Å². The number of hydrogen-bond donors (Lipinski definition) is 1. The summed E-state index contributed by atoms with van der Waals surface area (Å²) in [6, 6.07) is 5.81. The van der Waals surface area contributed by atoms with Crippen molar-refractivity contribution in [2.24, 2.45) is 0 Å². The monoisotopic (exact) mass is 233 g/mol. The van der Waals surface area contributed by atoms with Crippen molar-refractivity contribution in [2.45, 2.75) is 25.7 Å². The van der Waals surface area contributed by atoms with Crippen LogP contribution >= 0.6 is 0 Å². The first-order chi connectivity index (χ1) is 8.29. The molecule has 1 aliphatic rings. The minimum Gasteiger partial charge on any atom is -0.482 e. The molecule has 1 aromatic rings. The molecule has 90 valence electrons. The van der Waals surface area contributed by atoms with Crippen LogP contribution in [0.25, 0.3) is 0 Å². The fraction of sp³-hybridized carbons (Fsp3) is 0.385. The Morgan fingerprint density at radius 1 is 1.35 bits per heavy atom. The molecule has 4 heteroatoms. The lowest BCUT2D eigenvalue weighted by atomic mass is 10.1. The van der Waals surface area contributed by atoms with Gasteiger partial charge in [-0.15, -0.1) is 0 Å². The molecule has 0 aliphatic carbocycles. The van der Waals surface area contributed by atoms with Crippen molar-refractivity contribution in [1.29, 1.82) is 0 Å². The van der Waals surface area contributed by atoms with Gasteiger partial charge in [0.2, 0.25) is 0 Å². The number of ether oxygens (including phenoxy) is 1. The van der Waals surface area contributed by atoms with Crippen molar-refractivity contribution in [2.75, 3.05) is 11.9 Å². The van der Waals surface area contributed by atoms with E-state index in [-0.39, 0.29) is 12.5 Å². The van der Waals surface area contributed by atoms with E-state index in [0.717, 1.165) is 42.5 Å². The molecule has 1 heterocycles. The standard InChI is InChI=1S/C13H15NO3/c15-7-3-1-2-4-10-5-6-12-11(8-10)14-13(16)9-17-12/h5-8H,1-4,9H2,(H,14,16). The maximum Gasteiger partial charge on any atom is 0.262 e. The third-order valence-corrected chi connectivity index (χ3v) is 2.71. The van der Waals surface area contributed by atoms with Gasteiger partial charge in [0.25, 0.3) is 5.91 Å². The van der Waals surface area contributed by atoms with Crippen LogP contribution in [0.4, 0.5) is 5.69 Å². The number of anilines is 1. The van der Waals surface area contributed by atoms with Gasteiger partial charge in [-0.1, -0.05) is 6.07 Å². The van der Waals surface area contributed by atoms with Crippen LogP contribution in [0.1, 0.15) is 24.8 Å². The molecule has 0 fully saturated rings. The molecule has 2 rings (SSSR count). The molecule has 0 saturated heterocycles. The molecule has 1 N–H and O–H groups in total. The molecule has 1 aromatic carbocycles. The van der Waals surface area contributed by atoms with E-state index < -0.39 is 0 Å². The van der Waals surface area contributed by atoms with Crippen molar-refractivity contribution in [1.82, 2.24) is 0 Å². The zero-order valence-corrected chi connectivity index (χ0v) is 9.57. The number of amides is 1. The lowest BCUT2D eigenvalue weighted by Crippen LogP contribution is -2.25. The highest BCUT2D eigenvalue weighted by Crippen LogP contribution is 2.28. The fourth-order valence-electron chi connectivity index (χ4n) is 1.84. The number of fused-ring (bicyclic) bond motifs is 1. The van der Waals surface area contributed by atoms with Gasteiger partial charge < -0.3 is 14.8 Å². The Morgan fingerprint density at radius 3 is 3.06 bits per heavy atom. The van der Waals surface area contributed by atoms with Crippen LogP contribution in [0.2, 0.25) is 0 Å². The number of carbonyl (C=O) groups is 2. The quantitative estimate of drug-likeness (QED) is 0.624. The average molecular weight is 233 g/mol. The van der Waals surface area contributed by atoms with Crippen molar-refractivity contribution in [3.63, 3.8) is 0 Å². The van der Waals surface area contributed by atoms with Crippen LogP contribution in [0.3, 0.4) is 0 Å². The molecule has 1 aliphatic heterocycles. The number of carbonyl (C=O) groups excluding carboxylic acids is 2. The Morgan fingerprint density at radius 2 is 2.24 bits per heavy atom. The van der Waals surface area contributed by atoms with E-state index >= 15 is 0 Å². The van der Waals surface area contributed by atoms with Crippen molar-refractivity contribution in [3.8, 4) is 5.75 Å². The van der Waals surface area contributed by atoms with Gasteiger partial charge >= 0.3 is 0 Å². The third kappa shape index (κ3) is 3.06. The predicted octanol–water partition coefficient (Wildman–Crippen LogP) is 1.93. The Hall–Kier alpha value is -1.84. The molecule has 0 radical (unpaired) electrons. The number of aryl methyl sites for hydroxylation is 1. The van der Waals surface area contributed by atoms with Crippen LogP contribution in [-0.2, 0) is 16.0 Å². The Balaban J connectivity index is 1.98. The van der Waals surface area contributed by atoms with Crippen LogP contribution in [0.15, 0.2) is 18.2 Å². The van der Waals surface area contributed by atoms with Crippen molar-refractivity contribution >= 4 is 17.9 Å². The Bertz CT molecular complexity index is 429. The summed E-state index contributed by atoms with van der Waals surface area (Å²) in [5.74, 6) is 0.608. The summed E-state index contributed by atoms with van der Waals surface area (Å²) in [5.41, 5.74) is 1.90. The number of aldehydes is 1. The first-order valence-electron chi connectivity index (χ1n) is 5.79. The van der Waals surface area contributed by atoms with Gasteiger partial charge in [-0.2, -0.15) is 0 Å². The highest BCUT2D eigenvalue weighted by molar-refractivity contribution is 5.95. The summed E-state index contributed by atoms with van der Waals surface area (Å²) < 4.78 is 5.28. The van der Waals surface area contributed by atoms with Crippen molar-refractivity contribution in [3.05, 3.63) is 23.8 Å². The van der Waals surface area contributed by atoms with E-state index in [0.29, 0.717) is 6.42 Å². The number of nitrogens with one attached hydrogen (secondary N) is 1. The molecular weight excluding hydrogens is 218 g/mol. The molecular formula is C13H15NO3. The molecule has 0 saturated carbocycles. The van der Waals surface area contributed by atoms with E-state index in [1.807, 2.05) is 18.2 Å². The second-order valence-corrected chi connectivity index (χ2v) is 4.08. The normalized spacial score (nSPS) is 13.5. The molecule has 4 nitrogen and oxygen atoms in total. The Kier molecular flexibility index (Phi) is 3.75. The smallest absolute Gasteiger partial charge is 0.262 e. The SMILES string of the molecule is O=CCCCCc1ccc2c(c1)NC(=O)CO2. The topological polar surface area (TPSA) is 55.4 Å². The fourth-order valence-corrected chi connectivity index (χ4v) is 1.84. The van der Waals surface area contributed by atoms with Gasteiger partial charge in [0, 0.05) is 6.42 Å². The lowest BCUT2D eigenvalue weighted by Gasteiger charge is -2.18. The number of benzene rings is 1. The largest absolute Gasteiger partial charge is 0.482 e. The maximum absolute atomic E-state index is 11.2. The van der Waals surface area contributed by atoms with Crippen LogP contribution < -0.4 is 10.1 Å². The van der Waals surface area contributed by atoms with Gasteiger partial charge in [0.15, 0.2) is 6.61 Å². The second-order valence-electron chi connectivity index (χ2n) is 4.08. The lowest BCUT2D eigenvalue weighted by molar-refractivity contribution is -0.118. The predicted molar refractivity (Wildman–Crippen MR) is 64.2 cm³/mol. The molecule has 1 amide bonds. The van der Waals surface area contributed by atoms with E-state index in [2.05, 4.69) is 5.32 Å². The zero-order valence-electron chi connectivity index (χ0n) is 9.57. The molecule has 0 spiro atoms. The highest BCUT2D eigenvalue weighted by atomic mass is 16.5. The molecule has 0 unspecified atom stereocenters. The minimum absolute atomic E-state index is 0.0890.